The lowest BCUT2D eigenvalue weighted by molar-refractivity contribution is 0.446. The van der Waals surface area contributed by atoms with Crippen LogP contribution in [-0.2, 0) is 16.2 Å². The van der Waals surface area contributed by atoms with Crippen LogP contribution in [0.3, 0.4) is 0 Å². The number of imidazole rings is 1. The van der Waals surface area contributed by atoms with Crippen molar-refractivity contribution in [2.75, 3.05) is 0 Å². The second-order valence-corrected chi connectivity index (χ2v) is 18.9. The van der Waals surface area contributed by atoms with Gasteiger partial charge in [-0.25, -0.2) is 4.98 Å². The molecule has 0 fully saturated rings. The molecule has 0 aliphatic carbocycles. The van der Waals surface area contributed by atoms with Crippen LogP contribution in [0.25, 0.3) is 72.7 Å². The van der Waals surface area contributed by atoms with Gasteiger partial charge in [-0.2, -0.15) is 0 Å². The monoisotopic (exact) mass is 876 g/mol. The van der Waals surface area contributed by atoms with Crippen LogP contribution in [0.15, 0.2) is 134 Å². The molecule has 0 bridgehead atoms. The Labute approximate surface area is 413 Å². The first kappa shape index (κ1) is 27.9. The molecule has 332 valence electrons. The third-order valence-corrected chi connectivity index (χ3v) is 12.2. The summed E-state index contributed by atoms with van der Waals surface area (Å²) in [6.45, 7) is -8.51. The number of fused-ring (bicyclic) bond motifs is 1. The number of phenolic OH excluding ortho intramolecular Hbond substituents is 1. The first-order chi connectivity index (χ1) is 38.1. The third kappa shape index (κ3) is 8.93. The molecule has 0 aliphatic rings. The zero-order valence-electron chi connectivity index (χ0n) is 56.1. The second kappa shape index (κ2) is 16.9. The van der Waals surface area contributed by atoms with Gasteiger partial charge >= 0.3 is 0 Å². The van der Waals surface area contributed by atoms with Gasteiger partial charge in [0, 0.05) is 47.6 Å². The summed E-state index contributed by atoms with van der Waals surface area (Å²) in [7, 11) is 0. The molecular formula is C61H67N3O. The fourth-order valence-electron chi connectivity index (χ4n) is 8.54. The maximum absolute atomic E-state index is 13.2. The van der Waals surface area contributed by atoms with Crippen molar-refractivity contribution in [1.29, 1.82) is 0 Å². The molecule has 8 rings (SSSR count). The highest BCUT2D eigenvalue weighted by atomic mass is 16.3. The molecule has 1 N–H and O–H groups in total. The van der Waals surface area contributed by atoms with Gasteiger partial charge in [0.1, 0.15) is 11.6 Å². The third-order valence-electron chi connectivity index (χ3n) is 12.2. The van der Waals surface area contributed by atoms with Gasteiger partial charge in [0.2, 0.25) is 0 Å². The van der Waals surface area contributed by atoms with Gasteiger partial charge in [0.15, 0.2) is 0 Å². The fourth-order valence-corrected chi connectivity index (χ4v) is 8.54. The Morgan fingerprint density at radius 1 is 0.554 bits per heavy atom. The van der Waals surface area contributed by atoms with Crippen LogP contribution in [-0.4, -0.2) is 19.6 Å². The number of rotatable bonds is 8. The van der Waals surface area contributed by atoms with E-state index in [1.54, 1.807) is 22.9 Å². The molecule has 2 aromatic heterocycles. The predicted octanol–water partition coefficient (Wildman–Crippen LogP) is 16.9. The van der Waals surface area contributed by atoms with E-state index in [-0.39, 0.29) is 23.2 Å². The molecule has 6 aromatic carbocycles. The van der Waals surface area contributed by atoms with Gasteiger partial charge in [-0.15, -0.1) is 0 Å². The first-order valence-corrected chi connectivity index (χ1v) is 21.9. The van der Waals surface area contributed by atoms with Gasteiger partial charge in [0.25, 0.3) is 0 Å². The van der Waals surface area contributed by atoms with Crippen LogP contribution in [0.4, 0.5) is 0 Å². The maximum atomic E-state index is 13.2. The Morgan fingerprint density at radius 2 is 1.18 bits per heavy atom. The van der Waals surface area contributed by atoms with Crippen molar-refractivity contribution in [2.45, 2.75) is 125 Å². The summed E-state index contributed by atoms with van der Waals surface area (Å²) < 4.78 is 161. The SMILES string of the molecule is [2H]C([2H])([2H])C(c1cc(-c2nc3c(-c4cc(-c5cc(-c6ccc(C)cc6)ccn5)cc(C(C)(C)C)c4)cccc3n2-c2c(C(C)C)cc(-c3ccccc3)cc2C(C)C)c(O)c(C(C([2H])([2H])[2H])(C([2H])([2H])[2H])C([2H])([2H])[2H])c1)(C([2H])([2H])[2H])C([2H])([2H])[2H]. The number of aromatic hydroxyl groups is 1. The van der Waals surface area contributed by atoms with Crippen molar-refractivity contribution in [1.82, 2.24) is 14.5 Å². The van der Waals surface area contributed by atoms with E-state index in [9.17, 15) is 5.11 Å². The molecule has 0 unspecified atom stereocenters. The molecule has 65 heavy (non-hydrogen) atoms. The molecular weight excluding hydrogens is 791 g/mol. The van der Waals surface area contributed by atoms with Crippen molar-refractivity contribution in [3.05, 3.63) is 167 Å². The van der Waals surface area contributed by atoms with Crippen LogP contribution in [0.1, 0.15) is 159 Å². The zero-order chi connectivity index (χ0) is 61.7. The molecule has 0 amide bonds. The molecule has 0 saturated heterocycles. The number of aryl methyl sites for hydroxylation is 1. The van der Waals surface area contributed by atoms with Crippen molar-refractivity contribution in [2.24, 2.45) is 0 Å². The van der Waals surface area contributed by atoms with E-state index >= 15 is 0 Å². The highest BCUT2D eigenvalue weighted by molar-refractivity contribution is 5.97. The van der Waals surface area contributed by atoms with E-state index in [4.69, 9.17) is 34.6 Å². The molecule has 2 heterocycles. The summed E-state index contributed by atoms with van der Waals surface area (Å²) in [4.78, 5) is 10.1. The van der Waals surface area contributed by atoms with Crippen LogP contribution < -0.4 is 0 Å². The minimum absolute atomic E-state index is 0.214. The molecule has 8 aromatic rings. The smallest absolute Gasteiger partial charge is 0.149 e. The Hall–Kier alpha value is -6.26. The van der Waals surface area contributed by atoms with Crippen molar-refractivity contribution >= 4 is 11.0 Å². The van der Waals surface area contributed by atoms with E-state index < -0.39 is 79.8 Å². The van der Waals surface area contributed by atoms with Gasteiger partial charge < -0.3 is 5.11 Å². The van der Waals surface area contributed by atoms with Crippen LogP contribution >= 0.6 is 0 Å². The number of hydrogen-bond donors (Lipinski definition) is 1. The summed E-state index contributed by atoms with van der Waals surface area (Å²) in [6, 6.07) is 38.0. The van der Waals surface area contributed by atoms with E-state index in [1.165, 1.54) is 0 Å². The van der Waals surface area contributed by atoms with Gasteiger partial charge in [-0.3, -0.25) is 9.55 Å². The Morgan fingerprint density at radius 3 is 1.82 bits per heavy atom. The molecule has 0 atom stereocenters. The Balaban J connectivity index is 1.64. The highest BCUT2D eigenvalue weighted by Gasteiger charge is 2.31. The lowest BCUT2D eigenvalue weighted by Crippen LogP contribution is -2.17. The Bertz CT molecular complexity index is 3620. The summed E-state index contributed by atoms with van der Waals surface area (Å²) in [5.74, 6) is -2.32. The molecule has 4 nitrogen and oxygen atoms in total. The Kier molecular flexibility index (Phi) is 7.28. The highest BCUT2D eigenvalue weighted by Crippen LogP contribution is 2.47. The second-order valence-electron chi connectivity index (χ2n) is 18.9. The standard InChI is InChI=1S/C61H67N3O/c1-37(2)49-32-43(40-19-16-15-17-20-40)33-50(38(3)4)56(49)64-54-22-18-21-48(55(54)63-58(64)51-35-47(60(9,10)11)36-52(57(51)65)61(12,13)14)44-29-45(31-46(30-44)59(6,7)8)53-34-42(27-28-62-53)41-25-23-39(5)24-26-41/h15-38,65H,1-14H3/i9D3,10D3,11D3,12D3,13D3,14D3. The minimum Gasteiger partial charge on any atom is -0.507 e. The topological polar surface area (TPSA) is 50.9 Å². The minimum atomic E-state index is -4.13. The number of aromatic nitrogens is 3. The number of benzene rings is 6. The zero-order valence-corrected chi connectivity index (χ0v) is 38.1. The normalized spacial score (nSPS) is 17.8. The number of nitrogens with zero attached hydrogens (tertiary/aromatic N) is 3. The van der Waals surface area contributed by atoms with E-state index in [0.29, 0.717) is 45.2 Å². The molecule has 0 radical (unpaired) electrons. The largest absolute Gasteiger partial charge is 0.507 e. The number of phenols is 1. The molecule has 0 aliphatic heterocycles. The lowest BCUT2D eigenvalue weighted by Gasteiger charge is -2.28. The molecule has 4 heteroatoms. The summed E-state index contributed by atoms with van der Waals surface area (Å²) in [5, 5.41) is 13.2. The fraction of sp³-hybridized carbons (Fsp3) is 0.311. The lowest BCUT2D eigenvalue weighted by atomic mass is 9.78. The van der Waals surface area contributed by atoms with E-state index in [0.717, 1.165) is 45.0 Å². The van der Waals surface area contributed by atoms with E-state index in [2.05, 4.69) is 26.8 Å². The van der Waals surface area contributed by atoms with E-state index in [1.807, 2.05) is 132 Å². The average molecular weight is 876 g/mol. The van der Waals surface area contributed by atoms with Gasteiger partial charge in [0.05, 0.1) is 28.0 Å². The van der Waals surface area contributed by atoms with Crippen LogP contribution in [0.5, 0.6) is 5.75 Å². The summed E-state index contributed by atoms with van der Waals surface area (Å²) >= 11 is 0. The van der Waals surface area contributed by atoms with Crippen molar-refractivity contribution < 1.29 is 29.8 Å². The van der Waals surface area contributed by atoms with Crippen LogP contribution in [0, 0.1) is 6.92 Å². The average Bonchev–Trinajstić information content (AvgIpc) is 1.18. The predicted molar refractivity (Wildman–Crippen MR) is 277 cm³/mol. The summed E-state index contributed by atoms with van der Waals surface area (Å²) in [6.07, 6.45) is 1.73. The molecule has 0 spiro atoms. The van der Waals surface area contributed by atoms with Gasteiger partial charge in [-0.1, -0.05) is 174 Å². The quantitative estimate of drug-likeness (QED) is 0.165. The molecule has 0 saturated carbocycles. The first-order valence-electron chi connectivity index (χ1n) is 30.9. The number of para-hydroxylation sites is 1. The van der Waals surface area contributed by atoms with Crippen molar-refractivity contribution in [3.63, 3.8) is 0 Å². The van der Waals surface area contributed by atoms with Gasteiger partial charge in [-0.05, 0) is 134 Å². The van der Waals surface area contributed by atoms with Crippen LogP contribution in [0.2, 0.25) is 0 Å². The summed E-state index contributed by atoms with van der Waals surface area (Å²) in [5.41, 5.74) is -1.54. The number of hydrogen-bond acceptors (Lipinski definition) is 3. The number of pyridine rings is 1. The maximum Gasteiger partial charge on any atom is 0.149 e. The van der Waals surface area contributed by atoms with Crippen molar-refractivity contribution in [3.8, 4) is 67.5 Å².